The lowest BCUT2D eigenvalue weighted by Gasteiger charge is -2.12. The van der Waals surface area contributed by atoms with E-state index < -0.39 is 12.1 Å². The van der Waals surface area contributed by atoms with Gasteiger partial charge in [-0.2, -0.15) is 0 Å². The molecule has 23 heavy (non-hydrogen) atoms. The van der Waals surface area contributed by atoms with Crippen molar-refractivity contribution in [3.8, 4) is 0 Å². The van der Waals surface area contributed by atoms with Crippen LogP contribution in [0.4, 0.5) is 0 Å². The van der Waals surface area contributed by atoms with E-state index in [0.717, 1.165) is 28.6 Å². The van der Waals surface area contributed by atoms with Crippen molar-refractivity contribution in [3.63, 3.8) is 0 Å². The molecule has 0 spiro atoms. The Labute approximate surface area is 136 Å². The number of rotatable bonds is 6. The number of fused-ring (bicyclic) bond motifs is 1. The van der Waals surface area contributed by atoms with Crippen LogP contribution in [0.1, 0.15) is 66.4 Å². The minimum absolute atomic E-state index is 0.215. The Kier molecular flexibility index (Phi) is 5.12. The van der Waals surface area contributed by atoms with E-state index in [4.69, 9.17) is 5.73 Å². The van der Waals surface area contributed by atoms with Crippen LogP contribution in [0.3, 0.4) is 0 Å². The highest BCUT2D eigenvalue weighted by atomic mass is 16.4. The Morgan fingerprint density at radius 3 is 2.43 bits per heavy atom. The normalized spacial score (nSPS) is 13.0. The largest absolute Gasteiger partial charge is 0.478 e. The molecule has 0 aliphatic carbocycles. The van der Waals surface area contributed by atoms with E-state index in [1.807, 2.05) is 31.4 Å². The fraction of sp³-hybridized carbons (Fsp3) is 0.500. The Balaban J connectivity index is 2.90. The lowest BCUT2D eigenvalue weighted by atomic mass is 9.95. The summed E-state index contributed by atoms with van der Waals surface area (Å²) < 4.78 is 1.98. The third-order valence-corrected chi connectivity index (χ3v) is 4.39. The van der Waals surface area contributed by atoms with E-state index in [2.05, 4.69) is 0 Å². The second kappa shape index (κ2) is 6.72. The monoisotopic (exact) mass is 318 g/mol. The Morgan fingerprint density at radius 2 is 1.96 bits per heavy atom. The zero-order valence-electron chi connectivity index (χ0n) is 14.3. The molecule has 0 aliphatic heterocycles. The Morgan fingerprint density at radius 1 is 1.30 bits per heavy atom. The molecular weight excluding hydrogens is 292 g/mol. The van der Waals surface area contributed by atoms with Crippen LogP contribution in [0.15, 0.2) is 12.1 Å². The molecule has 1 unspecified atom stereocenters. The molecule has 1 atom stereocenters. The maximum atomic E-state index is 11.8. The van der Waals surface area contributed by atoms with Gasteiger partial charge in [0.25, 0.3) is 0 Å². The highest BCUT2D eigenvalue weighted by Gasteiger charge is 2.23. The number of carbonyl (C=O) groups is 1. The molecule has 0 amide bonds. The number of aromatic carboxylic acids is 1. The van der Waals surface area contributed by atoms with Crippen LogP contribution in [-0.2, 0) is 6.54 Å². The summed E-state index contributed by atoms with van der Waals surface area (Å²) in [7, 11) is 0. The van der Waals surface area contributed by atoms with Gasteiger partial charge in [0.2, 0.25) is 0 Å². The summed E-state index contributed by atoms with van der Waals surface area (Å²) in [6.45, 7) is 8.90. The molecule has 1 aromatic carbocycles. The van der Waals surface area contributed by atoms with Gasteiger partial charge in [-0.1, -0.05) is 13.8 Å². The van der Waals surface area contributed by atoms with Crippen molar-refractivity contribution in [3.05, 3.63) is 34.5 Å². The molecule has 0 saturated heterocycles. The number of aliphatic hydroxyl groups is 1. The van der Waals surface area contributed by atoms with Crippen LogP contribution in [0.2, 0.25) is 0 Å². The third kappa shape index (κ3) is 3.12. The predicted octanol–water partition coefficient (Wildman–Crippen LogP) is 3.17. The van der Waals surface area contributed by atoms with Gasteiger partial charge in [0.1, 0.15) is 0 Å². The van der Waals surface area contributed by atoms with Crippen LogP contribution in [-0.4, -0.2) is 27.3 Å². The Bertz CT molecular complexity index is 730. The van der Waals surface area contributed by atoms with E-state index in [1.54, 1.807) is 13.0 Å². The zero-order valence-corrected chi connectivity index (χ0v) is 14.3. The quantitative estimate of drug-likeness (QED) is 0.763. The maximum Gasteiger partial charge on any atom is 0.337 e. The second-order valence-corrected chi connectivity index (χ2v) is 6.39. The maximum absolute atomic E-state index is 11.8. The summed E-state index contributed by atoms with van der Waals surface area (Å²) in [5, 5.41) is 20.7. The number of benzene rings is 1. The van der Waals surface area contributed by atoms with Crippen LogP contribution < -0.4 is 5.73 Å². The first-order valence-electron chi connectivity index (χ1n) is 8.07. The van der Waals surface area contributed by atoms with Crippen LogP contribution >= 0.6 is 0 Å². The van der Waals surface area contributed by atoms with Gasteiger partial charge in [0.15, 0.2) is 0 Å². The van der Waals surface area contributed by atoms with E-state index in [1.165, 1.54) is 0 Å². The molecule has 4 N–H and O–H groups in total. The van der Waals surface area contributed by atoms with Gasteiger partial charge >= 0.3 is 5.97 Å². The van der Waals surface area contributed by atoms with Crippen molar-refractivity contribution < 1.29 is 15.0 Å². The fourth-order valence-electron chi connectivity index (χ4n) is 3.21. The fourth-order valence-corrected chi connectivity index (χ4v) is 3.21. The lowest BCUT2D eigenvalue weighted by molar-refractivity contribution is 0.0698. The molecule has 1 heterocycles. The molecule has 2 aromatic rings. The number of carboxylic acids is 1. The van der Waals surface area contributed by atoms with Crippen molar-refractivity contribution in [2.75, 3.05) is 6.54 Å². The van der Waals surface area contributed by atoms with Crippen molar-refractivity contribution in [2.24, 2.45) is 5.73 Å². The number of aliphatic hydroxyl groups excluding tert-OH is 1. The number of aromatic nitrogens is 1. The summed E-state index contributed by atoms with van der Waals surface area (Å²) in [5.74, 6) is -0.729. The smallest absolute Gasteiger partial charge is 0.337 e. The molecule has 126 valence electrons. The van der Waals surface area contributed by atoms with Crippen molar-refractivity contribution in [1.82, 2.24) is 4.57 Å². The first kappa shape index (κ1) is 17.5. The van der Waals surface area contributed by atoms with Gasteiger partial charge < -0.3 is 20.5 Å². The topological polar surface area (TPSA) is 88.5 Å². The second-order valence-electron chi connectivity index (χ2n) is 6.39. The summed E-state index contributed by atoms with van der Waals surface area (Å²) in [6, 6.07) is 3.76. The van der Waals surface area contributed by atoms with Gasteiger partial charge in [-0.15, -0.1) is 0 Å². The molecule has 0 fully saturated rings. The zero-order chi connectivity index (χ0) is 17.3. The van der Waals surface area contributed by atoms with Gasteiger partial charge in [-0.05, 0) is 50.4 Å². The van der Waals surface area contributed by atoms with Gasteiger partial charge in [-0.25, -0.2) is 4.79 Å². The molecule has 1 aromatic heterocycles. The van der Waals surface area contributed by atoms with E-state index >= 15 is 0 Å². The highest BCUT2D eigenvalue weighted by molar-refractivity contribution is 6.04. The lowest BCUT2D eigenvalue weighted by Crippen LogP contribution is -2.10. The third-order valence-electron chi connectivity index (χ3n) is 4.39. The number of carboxylic acid groups (broad SMARTS) is 1. The number of nitrogens with two attached hydrogens (primary N) is 1. The molecule has 0 radical (unpaired) electrons. The molecular formula is C18H26N2O3. The first-order valence-corrected chi connectivity index (χ1v) is 8.07. The van der Waals surface area contributed by atoms with Crippen LogP contribution in [0.25, 0.3) is 10.9 Å². The number of aryl methyl sites for hydroxylation is 1. The number of hydrogen-bond acceptors (Lipinski definition) is 3. The summed E-state index contributed by atoms with van der Waals surface area (Å²) >= 11 is 0. The number of hydrogen-bond donors (Lipinski definition) is 3. The number of nitrogens with zero attached hydrogens (tertiary/aromatic N) is 1. The van der Waals surface area contributed by atoms with E-state index in [9.17, 15) is 15.0 Å². The first-order chi connectivity index (χ1) is 10.8. The molecule has 5 nitrogen and oxygen atoms in total. The minimum atomic E-state index is -0.943. The molecule has 0 saturated carbocycles. The van der Waals surface area contributed by atoms with Crippen molar-refractivity contribution >= 4 is 16.9 Å². The van der Waals surface area contributed by atoms with Gasteiger partial charge in [-0.3, -0.25) is 0 Å². The average Bonchev–Trinajstić information content (AvgIpc) is 2.75. The molecule has 0 aliphatic rings. The summed E-state index contributed by atoms with van der Waals surface area (Å²) in [6.07, 6.45) is 0.107. The van der Waals surface area contributed by atoms with E-state index in [-0.39, 0.29) is 5.92 Å². The molecule has 2 rings (SSSR count). The standard InChI is InChI=1S/C18H26N2O3/c1-10(2)13-8-14-16(12(4)21)11(3)20(7-5-6-19)17(14)15(9-13)18(22)23/h8-10,12,21H,5-7,19H2,1-4H3,(H,22,23). The van der Waals surface area contributed by atoms with E-state index in [0.29, 0.717) is 24.2 Å². The van der Waals surface area contributed by atoms with Gasteiger partial charge in [0.05, 0.1) is 17.2 Å². The molecule has 5 heteroatoms. The molecule has 0 bridgehead atoms. The summed E-state index contributed by atoms with van der Waals surface area (Å²) in [5.41, 5.74) is 9.28. The SMILES string of the molecule is Cc1c(C(C)O)c2cc(C(C)C)cc(C(=O)O)c2n1CCCN. The Hall–Kier alpha value is -1.85. The van der Waals surface area contributed by atoms with Crippen LogP contribution in [0.5, 0.6) is 0 Å². The average molecular weight is 318 g/mol. The van der Waals surface area contributed by atoms with Crippen molar-refractivity contribution in [1.29, 1.82) is 0 Å². The van der Waals surface area contributed by atoms with Gasteiger partial charge in [0, 0.05) is 23.2 Å². The van der Waals surface area contributed by atoms with Crippen molar-refractivity contribution in [2.45, 2.75) is 52.7 Å². The predicted molar refractivity (Wildman–Crippen MR) is 92.0 cm³/mol. The minimum Gasteiger partial charge on any atom is -0.478 e. The summed E-state index contributed by atoms with van der Waals surface area (Å²) in [4.78, 5) is 11.8. The highest BCUT2D eigenvalue weighted by Crippen LogP contribution is 2.35. The van der Waals surface area contributed by atoms with Crippen LogP contribution in [0, 0.1) is 6.92 Å².